The molecule has 3 atom stereocenters. The molecule has 2 aromatic carbocycles. The molecule has 0 saturated carbocycles. The molecule has 1 aliphatic rings. The Bertz CT molecular complexity index is 1290. The van der Waals surface area contributed by atoms with E-state index in [9.17, 15) is 18.0 Å². The number of hydrogen-bond acceptors (Lipinski definition) is 4. The van der Waals surface area contributed by atoms with Crippen LogP contribution in [0.25, 0.3) is 0 Å². The molecule has 10 heteroatoms. The summed E-state index contributed by atoms with van der Waals surface area (Å²) in [7, 11) is 0. The van der Waals surface area contributed by atoms with Gasteiger partial charge in [-0.2, -0.15) is 18.4 Å². The number of ether oxygens (including phenoxy) is 1. The second-order valence-corrected chi connectivity index (χ2v) is 9.36. The first-order valence-electron chi connectivity index (χ1n) is 11.0. The molecule has 1 saturated heterocycles. The van der Waals surface area contributed by atoms with E-state index >= 15 is 0 Å². The highest BCUT2D eigenvalue weighted by molar-refractivity contribution is 6.42. The van der Waals surface area contributed by atoms with Crippen molar-refractivity contribution in [2.24, 2.45) is 5.92 Å². The third kappa shape index (κ3) is 5.58. The number of halogens is 5. The molecule has 0 bridgehead atoms. The zero-order chi connectivity index (χ0) is 26.0. The van der Waals surface area contributed by atoms with Gasteiger partial charge in [-0.25, -0.2) is 4.98 Å². The predicted molar refractivity (Wildman–Crippen MR) is 129 cm³/mol. The number of pyridine rings is 1. The van der Waals surface area contributed by atoms with E-state index < -0.39 is 17.8 Å². The number of rotatable bonds is 5. The monoisotopic (exact) mass is 533 g/mol. The first kappa shape index (κ1) is 25.8. The lowest BCUT2D eigenvalue weighted by Crippen LogP contribution is -2.32. The van der Waals surface area contributed by atoms with Crippen LogP contribution >= 0.6 is 23.2 Å². The van der Waals surface area contributed by atoms with Gasteiger partial charge >= 0.3 is 6.18 Å². The minimum absolute atomic E-state index is 0.0558. The van der Waals surface area contributed by atoms with Crippen LogP contribution < -0.4 is 4.74 Å². The molecule has 1 amide bonds. The van der Waals surface area contributed by atoms with Crippen molar-refractivity contribution in [3.05, 3.63) is 93.1 Å². The molecule has 3 unspecified atom stereocenters. The maximum absolute atomic E-state index is 13.2. The normalized spacial score (nSPS) is 18.5. The van der Waals surface area contributed by atoms with Crippen molar-refractivity contribution in [1.82, 2.24) is 9.88 Å². The Kier molecular flexibility index (Phi) is 7.43. The highest BCUT2D eigenvalue weighted by Gasteiger charge is 2.40. The van der Waals surface area contributed by atoms with Crippen molar-refractivity contribution >= 4 is 29.1 Å². The van der Waals surface area contributed by atoms with E-state index in [1.165, 1.54) is 6.07 Å². The number of alkyl halides is 3. The summed E-state index contributed by atoms with van der Waals surface area (Å²) < 4.78 is 44.5. The number of nitrogens with zero attached hydrogens (tertiary/aromatic N) is 3. The van der Waals surface area contributed by atoms with Gasteiger partial charge in [0.15, 0.2) is 0 Å². The Labute approximate surface area is 216 Å². The summed E-state index contributed by atoms with van der Waals surface area (Å²) in [4.78, 5) is 18.7. The molecule has 0 spiro atoms. The summed E-state index contributed by atoms with van der Waals surface area (Å²) in [5, 5.41) is 9.79. The Hall–Kier alpha value is -3.28. The van der Waals surface area contributed by atoms with E-state index in [0.717, 1.165) is 17.8 Å². The smallest absolute Gasteiger partial charge is 0.417 e. The minimum Gasteiger partial charge on any atom is -0.474 e. The van der Waals surface area contributed by atoms with E-state index in [2.05, 4.69) is 4.98 Å². The Morgan fingerprint density at radius 1 is 1.11 bits per heavy atom. The first-order chi connectivity index (χ1) is 17.1. The average Bonchev–Trinajstić information content (AvgIpc) is 3.31. The first-order valence-corrected chi connectivity index (χ1v) is 11.8. The molecular formula is C26H20Cl2F3N3O2. The zero-order valence-corrected chi connectivity index (χ0v) is 20.5. The highest BCUT2D eigenvalue weighted by atomic mass is 35.5. The van der Waals surface area contributed by atoms with E-state index in [4.69, 9.17) is 33.2 Å². The second kappa shape index (κ2) is 10.4. The number of benzene rings is 2. The maximum atomic E-state index is 13.2. The quantitative estimate of drug-likeness (QED) is 0.370. The third-order valence-electron chi connectivity index (χ3n) is 6.26. The molecule has 0 N–H and O–H groups in total. The van der Waals surface area contributed by atoms with Crippen LogP contribution in [0.2, 0.25) is 10.0 Å². The summed E-state index contributed by atoms with van der Waals surface area (Å²) in [5.41, 5.74) is 0.891. The lowest BCUT2D eigenvalue weighted by atomic mass is 9.86. The molecule has 5 nitrogen and oxygen atoms in total. The molecule has 0 radical (unpaired) electrons. The van der Waals surface area contributed by atoms with E-state index in [-0.39, 0.29) is 23.6 Å². The summed E-state index contributed by atoms with van der Waals surface area (Å²) in [6, 6.07) is 15.8. The molecule has 0 aliphatic carbocycles. The molecule has 4 rings (SSSR count). The Morgan fingerprint density at radius 3 is 2.42 bits per heavy atom. The summed E-state index contributed by atoms with van der Waals surface area (Å²) >= 11 is 12.3. The van der Waals surface area contributed by atoms with Crippen LogP contribution in [0, 0.1) is 17.2 Å². The van der Waals surface area contributed by atoms with Crippen molar-refractivity contribution in [2.45, 2.75) is 25.1 Å². The highest BCUT2D eigenvalue weighted by Crippen LogP contribution is 2.39. The third-order valence-corrected chi connectivity index (χ3v) is 7.00. The van der Waals surface area contributed by atoms with Gasteiger partial charge < -0.3 is 9.64 Å². The van der Waals surface area contributed by atoms with Crippen LogP contribution in [0.5, 0.6) is 5.88 Å². The maximum Gasteiger partial charge on any atom is 0.417 e. The fourth-order valence-electron chi connectivity index (χ4n) is 4.33. The fourth-order valence-corrected chi connectivity index (χ4v) is 4.64. The molecule has 36 heavy (non-hydrogen) atoms. The topological polar surface area (TPSA) is 66.2 Å². The average molecular weight is 534 g/mol. The molecule has 3 aromatic rings. The fraction of sp³-hybridized carbons (Fsp3) is 0.269. The van der Waals surface area contributed by atoms with E-state index in [1.807, 2.05) is 12.1 Å². The van der Waals surface area contributed by atoms with Gasteiger partial charge in [-0.05, 0) is 55.0 Å². The van der Waals surface area contributed by atoms with Crippen LogP contribution in [0.4, 0.5) is 13.2 Å². The van der Waals surface area contributed by atoms with Crippen molar-refractivity contribution in [3.63, 3.8) is 0 Å². The van der Waals surface area contributed by atoms with Crippen LogP contribution in [-0.4, -0.2) is 35.0 Å². The van der Waals surface area contributed by atoms with Gasteiger partial charge in [0.1, 0.15) is 6.10 Å². The Morgan fingerprint density at radius 2 is 1.83 bits per heavy atom. The molecule has 1 aliphatic heterocycles. The number of carbonyl (C=O) groups excluding carboxylic acids is 1. The SMILES string of the molecule is CC(Oc1ccc(C(F)(F)F)cn1)C1CN(C(=O)c2ccc(C#N)cc2)CC1c1ccc(Cl)c(Cl)c1. The largest absolute Gasteiger partial charge is 0.474 e. The molecular weight excluding hydrogens is 514 g/mol. The van der Waals surface area contributed by atoms with Crippen molar-refractivity contribution in [3.8, 4) is 11.9 Å². The van der Waals surface area contributed by atoms with Crippen molar-refractivity contribution in [1.29, 1.82) is 5.26 Å². The lowest BCUT2D eigenvalue weighted by molar-refractivity contribution is -0.137. The Balaban J connectivity index is 1.59. The zero-order valence-electron chi connectivity index (χ0n) is 19.0. The molecule has 186 valence electrons. The molecule has 1 aromatic heterocycles. The number of aromatic nitrogens is 1. The molecule has 2 heterocycles. The predicted octanol–water partition coefficient (Wildman–Crippen LogP) is 6.60. The van der Waals surface area contributed by atoms with E-state index in [1.54, 1.807) is 48.2 Å². The van der Waals surface area contributed by atoms with Crippen molar-refractivity contribution < 1.29 is 22.7 Å². The number of amides is 1. The number of nitriles is 1. The van der Waals surface area contributed by atoms with Crippen molar-refractivity contribution in [2.75, 3.05) is 13.1 Å². The van der Waals surface area contributed by atoms with Crippen LogP contribution in [0.3, 0.4) is 0 Å². The number of carbonyl (C=O) groups is 1. The minimum atomic E-state index is -4.49. The summed E-state index contributed by atoms with van der Waals surface area (Å²) in [5.74, 6) is -0.535. The van der Waals surface area contributed by atoms with Gasteiger partial charge in [0.05, 0.1) is 27.2 Å². The van der Waals surface area contributed by atoms with Crippen LogP contribution in [0.1, 0.15) is 39.9 Å². The summed E-state index contributed by atoms with van der Waals surface area (Å²) in [6.45, 7) is 2.51. The number of hydrogen-bond donors (Lipinski definition) is 0. The second-order valence-electron chi connectivity index (χ2n) is 8.55. The van der Waals surface area contributed by atoms with Gasteiger partial charge in [-0.1, -0.05) is 29.3 Å². The van der Waals surface area contributed by atoms with Gasteiger partial charge in [-0.3, -0.25) is 4.79 Å². The summed E-state index contributed by atoms with van der Waals surface area (Å²) in [6.07, 6.45) is -4.26. The number of likely N-dealkylation sites (tertiary alicyclic amines) is 1. The van der Waals surface area contributed by atoms with Crippen LogP contribution in [-0.2, 0) is 6.18 Å². The van der Waals surface area contributed by atoms with Gasteiger partial charge in [0.25, 0.3) is 5.91 Å². The molecule has 1 fully saturated rings. The van der Waals surface area contributed by atoms with Gasteiger partial charge in [0.2, 0.25) is 5.88 Å². The van der Waals surface area contributed by atoms with Gasteiger partial charge in [-0.15, -0.1) is 0 Å². The lowest BCUT2D eigenvalue weighted by Gasteiger charge is -2.25. The van der Waals surface area contributed by atoms with E-state index in [0.29, 0.717) is 34.3 Å². The van der Waals surface area contributed by atoms with Gasteiger partial charge in [0, 0.05) is 42.8 Å². The standard InChI is InChI=1S/C26H20Cl2F3N3O2/c1-15(36-24-9-7-19(12-33-24)26(29,30)31)20-13-34(25(35)17-4-2-16(11-32)3-5-17)14-21(20)18-6-8-22(27)23(28)10-18/h2-10,12,15,20-21H,13-14H2,1H3. The van der Waals surface area contributed by atoms with Crippen LogP contribution in [0.15, 0.2) is 60.8 Å².